The van der Waals surface area contributed by atoms with E-state index in [0.717, 1.165) is 31.6 Å². The van der Waals surface area contributed by atoms with Gasteiger partial charge in [-0.1, -0.05) is 0 Å². The lowest BCUT2D eigenvalue weighted by atomic mass is 10.0. The summed E-state index contributed by atoms with van der Waals surface area (Å²) >= 11 is 0. The van der Waals surface area contributed by atoms with E-state index in [4.69, 9.17) is 0 Å². The van der Waals surface area contributed by atoms with Gasteiger partial charge in [0.2, 0.25) is 0 Å². The highest BCUT2D eigenvalue weighted by molar-refractivity contribution is 5.03. The van der Waals surface area contributed by atoms with Crippen molar-refractivity contribution in [3.8, 4) is 0 Å². The van der Waals surface area contributed by atoms with Crippen LogP contribution in [0.3, 0.4) is 0 Å². The van der Waals surface area contributed by atoms with Gasteiger partial charge in [-0.15, -0.1) is 0 Å². The topological polar surface area (TPSA) is 66.9 Å². The molecule has 15 heavy (non-hydrogen) atoms. The summed E-state index contributed by atoms with van der Waals surface area (Å²) in [6.45, 7) is 2.00. The molecule has 1 atom stereocenters. The number of hydrogen-bond donors (Lipinski definition) is 2. The van der Waals surface area contributed by atoms with Crippen LogP contribution in [0, 0.1) is 5.92 Å². The third-order valence-corrected chi connectivity index (χ3v) is 2.92. The highest BCUT2D eigenvalue weighted by Crippen LogP contribution is 2.12. The molecule has 1 fully saturated rings. The van der Waals surface area contributed by atoms with Crippen LogP contribution < -0.4 is 16.6 Å². The van der Waals surface area contributed by atoms with Crippen molar-refractivity contribution in [2.45, 2.75) is 12.8 Å². The molecular weight excluding hydrogens is 194 g/mol. The number of nitrogens with zero attached hydrogens (tertiary/aromatic N) is 1. The second-order valence-electron chi connectivity index (χ2n) is 4.05. The van der Waals surface area contributed by atoms with Crippen molar-refractivity contribution in [1.82, 2.24) is 14.9 Å². The predicted molar refractivity (Wildman–Crippen MR) is 57.0 cm³/mol. The lowest BCUT2D eigenvalue weighted by Gasteiger charge is -2.10. The summed E-state index contributed by atoms with van der Waals surface area (Å²) in [4.78, 5) is 24.7. The summed E-state index contributed by atoms with van der Waals surface area (Å²) in [5.41, 5.74) is 0.181. The first-order valence-electron chi connectivity index (χ1n) is 5.17. The van der Waals surface area contributed by atoms with Crippen LogP contribution in [-0.2, 0) is 13.5 Å². The molecule has 1 aliphatic rings. The summed E-state index contributed by atoms with van der Waals surface area (Å²) in [5.74, 6) is 0.539. The quantitative estimate of drug-likeness (QED) is 0.672. The molecular formula is C10H15N3O2. The van der Waals surface area contributed by atoms with Gasteiger partial charge in [0.05, 0.1) is 0 Å². The van der Waals surface area contributed by atoms with Crippen molar-refractivity contribution in [3.05, 3.63) is 32.6 Å². The van der Waals surface area contributed by atoms with Crippen LogP contribution in [0.1, 0.15) is 12.1 Å². The van der Waals surface area contributed by atoms with Crippen molar-refractivity contribution < 1.29 is 0 Å². The zero-order valence-corrected chi connectivity index (χ0v) is 8.75. The average molecular weight is 209 g/mol. The molecule has 2 heterocycles. The number of nitrogens with one attached hydrogen (secondary N) is 2. The molecule has 5 nitrogen and oxygen atoms in total. The lowest BCUT2D eigenvalue weighted by Crippen LogP contribution is -2.31. The van der Waals surface area contributed by atoms with Crippen LogP contribution in [0.25, 0.3) is 0 Å². The zero-order valence-electron chi connectivity index (χ0n) is 8.75. The Morgan fingerprint density at radius 1 is 1.53 bits per heavy atom. The molecule has 1 aliphatic heterocycles. The highest BCUT2D eigenvalue weighted by Gasteiger charge is 2.16. The maximum atomic E-state index is 11.3. The van der Waals surface area contributed by atoms with E-state index in [2.05, 4.69) is 10.3 Å². The fourth-order valence-corrected chi connectivity index (χ4v) is 1.98. The van der Waals surface area contributed by atoms with Gasteiger partial charge in [0, 0.05) is 18.8 Å². The molecule has 5 heteroatoms. The Bertz CT molecular complexity index is 454. The molecule has 0 aliphatic carbocycles. The second kappa shape index (κ2) is 4.02. The molecule has 0 aromatic carbocycles. The molecule has 0 radical (unpaired) electrons. The van der Waals surface area contributed by atoms with Crippen LogP contribution >= 0.6 is 0 Å². The minimum atomic E-state index is -0.330. The lowest BCUT2D eigenvalue weighted by molar-refractivity contribution is 0.549. The van der Waals surface area contributed by atoms with Crippen LogP contribution in [0.4, 0.5) is 0 Å². The van der Waals surface area contributed by atoms with Crippen LogP contribution in [-0.4, -0.2) is 22.6 Å². The van der Waals surface area contributed by atoms with E-state index in [1.54, 1.807) is 7.05 Å². The summed E-state index contributed by atoms with van der Waals surface area (Å²) in [6, 6.07) is 1.51. The van der Waals surface area contributed by atoms with E-state index in [1.807, 2.05) is 0 Å². The van der Waals surface area contributed by atoms with Crippen molar-refractivity contribution >= 4 is 0 Å². The average Bonchev–Trinajstić information content (AvgIpc) is 2.66. The Morgan fingerprint density at radius 2 is 2.33 bits per heavy atom. The third kappa shape index (κ3) is 2.18. The van der Waals surface area contributed by atoms with Gasteiger partial charge in [-0.3, -0.25) is 9.78 Å². The van der Waals surface area contributed by atoms with E-state index in [1.165, 1.54) is 10.6 Å². The van der Waals surface area contributed by atoms with Gasteiger partial charge in [-0.25, -0.2) is 4.79 Å². The standard InChI is InChI=1S/C10H15N3O2/c1-13-8(4-7-2-3-11-6-7)5-9(14)12-10(13)15/h5,7,11H,2-4,6H2,1H3,(H,12,14,15). The first kappa shape index (κ1) is 10.2. The molecule has 1 saturated heterocycles. The molecule has 82 valence electrons. The molecule has 0 saturated carbocycles. The van der Waals surface area contributed by atoms with Gasteiger partial charge in [0.15, 0.2) is 0 Å². The van der Waals surface area contributed by atoms with Crippen LogP contribution in [0.5, 0.6) is 0 Å². The fourth-order valence-electron chi connectivity index (χ4n) is 1.98. The van der Waals surface area contributed by atoms with Crippen molar-refractivity contribution in [1.29, 1.82) is 0 Å². The first-order valence-corrected chi connectivity index (χ1v) is 5.17. The van der Waals surface area contributed by atoms with E-state index >= 15 is 0 Å². The minimum Gasteiger partial charge on any atom is -0.316 e. The van der Waals surface area contributed by atoms with Gasteiger partial charge in [-0.2, -0.15) is 0 Å². The molecule has 1 aromatic rings. The smallest absolute Gasteiger partial charge is 0.316 e. The minimum absolute atomic E-state index is 0.306. The largest absolute Gasteiger partial charge is 0.328 e. The number of aromatic amines is 1. The summed E-state index contributed by atoms with van der Waals surface area (Å²) < 4.78 is 1.51. The normalized spacial score (nSPS) is 20.7. The summed E-state index contributed by atoms with van der Waals surface area (Å²) in [6.07, 6.45) is 1.91. The zero-order chi connectivity index (χ0) is 10.8. The molecule has 1 aromatic heterocycles. The maximum Gasteiger partial charge on any atom is 0.328 e. The molecule has 0 spiro atoms. The molecule has 0 bridgehead atoms. The van der Waals surface area contributed by atoms with Gasteiger partial charge < -0.3 is 9.88 Å². The second-order valence-corrected chi connectivity index (χ2v) is 4.05. The van der Waals surface area contributed by atoms with Gasteiger partial charge in [0.1, 0.15) is 0 Å². The highest BCUT2D eigenvalue weighted by atomic mass is 16.2. The molecule has 0 amide bonds. The number of hydrogen-bond acceptors (Lipinski definition) is 3. The van der Waals surface area contributed by atoms with Gasteiger partial charge >= 0.3 is 5.69 Å². The molecule has 2 rings (SSSR count). The Hall–Kier alpha value is -1.36. The Kier molecular flexibility index (Phi) is 2.73. The monoisotopic (exact) mass is 209 g/mol. The van der Waals surface area contributed by atoms with E-state index in [0.29, 0.717) is 5.92 Å². The fraction of sp³-hybridized carbons (Fsp3) is 0.600. The predicted octanol–water partition coefficient (Wildman–Crippen LogP) is -0.774. The number of H-pyrrole nitrogens is 1. The number of rotatable bonds is 2. The van der Waals surface area contributed by atoms with Gasteiger partial charge in [0.25, 0.3) is 5.56 Å². The van der Waals surface area contributed by atoms with Crippen LogP contribution in [0.15, 0.2) is 15.7 Å². The van der Waals surface area contributed by atoms with E-state index in [-0.39, 0.29) is 11.2 Å². The Labute approximate surface area is 87.1 Å². The van der Waals surface area contributed by atoms with Crippen molar-refractivity contribution in [2.75, 3.05) is 13.1 Å². The summed E-state index contributed by atoms with van der Waals surface area (Å²) in [5, 5.41) is 3.27. The first-order chi connectivity index (χ1) is 7.16. The Morgan fingerprint density at radius 3 is 3.00 bits per heavy atom. The van der Waals surface area contributed by atoms with Crippen LogP contribution in [0.2, 0.25) is 0 Å². The van der Waals surface area contributed by atoms with E-state index in [9.17, 15) is 9.59 Å². The summed E-state index contributed by atoms with van der Waals surface area (Å²) in [7, 11) is 1.69. The maximum absolute atomic E-state index is 11.3. The molecule has 2 N–H and O–H groups in total. The van der Waals surface area contributed by atoms with Gasteiger partial charge in [-0.05, 0) is 31.8 Å². The molecule has 1 unspecified atom stereocenters. The SMILES string of the molecule is Cn1c(CC2CCNC2)cc(=O)[nH]c1=O. The third-order valence-electron chi connectivity index (χ3n) is 2.92. The van der Waals surface area contributed by atoms with E-state index < -0.39 is 0 Å². The van der Waals surface area contributed by atoms with Crippen molar-refractivity contribution in [3.63, 3.8) is 0 Å². The number of aromatic nitrogens is 2. The van der Waals surface area contributed by atoms with Crippen molar-refractivity contribution in [2.24, 2.45) is 13.0 Å². The Balaban J connectivity index is 2.27.